The highest BCUT2D eigenvalue weighted by Gasteiger charge is 2.25. The van der Waals surface area contributed by atoms with Crippen molar-refractivity contribution in [2.45, 2.75) is 18.9 Å². The monoisotopic (exact) mass is 424 g/mol. The number of nitrogens with one attached hydrogen (secondary N) is 1. The number of nitrogens with zero attached hydrogens (tertiary/aromatic N) is 1. The lowest BCUT2D eigenvalue weighted by molar-refractivity contribution is 0.0697. The van der Waals surface area contributed by atoms with Gasteiger partial charge in [-0.2, -0.15) is 0 Å². The van der Waals surface area contributed by atoms with E-state index in [1.165, 1.54) is 12.5 Å². The molecule has 1 aliphatic rings. The van der Waals surface area contributed by atoms with Gasteiger partial charge in [0, 0.05) is 28.3 Å². The van der Waals surface area contributed by atoms with Crippen LogP contribution in [0.1, 0.15) is 33.6 Å². The van der Waals surface area contributed by atoms with Crippen LogP contribution in [0.5, 0.6) is 0 Å². The Hall–Kier alpha value is -1.83. The molecule has 1 N–H and O–H groups in total. The molecule has 1 aromatic carbocycles. The fraction of sp³-hybridized carbons (Fsp3) is 0.294. The van der Waals surface area contributed by atoms with Gasteiger partial charge in [0.1, 0.15) is 6.26 Å². The van der Waals surface area contributed by atoms with Gasteiger partial charge in [0.05, 0.1) is 11.8 Å². The molecule has 0 aliphatic carbocycles. The summed E-state index contributed by atoms with van der Waals surface area (Å²) in [5.41, 5.74) is 1.24. The molecule has 6 heteroatoms. The first-order valence-electron chi connectivity index (χ1n) is 7.51. The Kier molecular flexibility index (Phi) is 5.00. The molecule has 2 amide bonds. The molecule has 0 atom stereocenters. The summed E-state index contributed by atoms with van der Waals surface area (Å²) in [6, 6.07) is 9.27. The standard InChI is InChI=1S/C17H17IN2O3/c18-14-3-1-12(2-4-14)16(21)19-15-5-8-20(9-6-15)17(22)13-7-10-23-11-13/h1-4,7,10-11,15H,5-6,8-9H2,(H,19,21). The van der Waals surface area contributed by atoms with Crippen molar-refractivity contribution >= 4 is 34.4 Å². The number of hydrogen-bond donors (Lipinski definition) is 1. The Morgan fingerprint density at radius 2 is 1.78 bits per heavy atom. The van der Waals surface area contributed by atoms with Crippen molar-refractivity contribution in [3.63, 3.8) is 0 Å². The highest BCUT2D eigenvalue weighted by Crippen LogP contribution is 2.15. The number of likely N-dealkylation sites (tertiary alicyclic amines) is 1. The summed E-state index contributed by atoms with van der Waals surface area (Å²) in [6.07, 6.45) is 4.49. The van der Waals surface area contributed by atoms with E-state index in [9.17, 15) is 9.59 Å². The Balaban J connectivity index is 1.52. The van der Waals surface area contributed by atoms with Gasteiger partial charge in [0.15, 0.2) is 0 Å². The predicted molar refractivity (Wildman–Crippen MR) is 94.3 cm³/mol. The molecular formula is C17H17IN2O3. The van der Waals surface area contributed by atoms with Crippen LogP contribution >= 0.6 is 22.6 Å². The average Bonchev–Trinajstić information content (AvgIpc) is 3.10. The Morgan fingerprint density at radius 3 is 2.39 bits per heavy atom. The van der Waals surface area contributed by atoms with Crippen LogP contribution in [0.15, 0.2) is 47.3 Å². The number of halogens is 1. The van der Waals surface area contributed by atoms with Crippen molar-refractivity contribution in [3.8, 4) is 0 Å². The minimum Gasteiger partial charge on any atom is -0.472 e. The van der Waals surface area contributed by atoms with Crippen LogP contribution in [-0.2, 0) is 0 Å². The first-order valence-corrected chi connectivity index (χ1v) is 8.59. The molecule has 0 bridgehead atoms. The van der Waals surface area contributed by atoms with Crippen LogP contribution in [0, 0.1) is 3.57 Å². The van der Waals surface area contributed by atoms with Gasteiger partial charge in [-0.1, -0.05) is 0 Å². The van der Waals surface area contributed by atoms with E-state index in [1.54, 1.807) is 11.0 Å². The molecule has 0 unspecified atom stereocenters. The lowest BCUT2D eigenvalue weighted by Gasteiger charge is -2.32. The normalized spacial score (nSPS) is 15.4. The van der Waals surface area contributed by atoms with Crippen LogP contribution in [0.3, 0.4) is 0 Å². The van der Waals surface area contributed by atoms with E-state index in [4.69, 9.17) is 4.42 Å². The van der Waals surface area contributed by atoms with Gasteiger partial charge in [-0.3, -0.25) is 9.59 Å². The fourth-order valence-corrected chi connectivity index (χ4v) is 3.03. The van der Waals surface area contributed by atoms with Crippen molar-refractivity contribution in [2.24, 2.45) is 0 Å². The maximum absolute atomic E-state index is 12.2. The lowest BCUT2D eigenvalue weighted by Crippen LogP contribution is -2.46. The zero-order valence-corrected chi connectivity index (χ0v) is 14.7. The number of hydrogen-bond acceptors (Lipinski definition) is 3. The summed E-state index contributed by atoms with van der Waals surface area (Å²) in [5, 5.41) is 3.05. The summed E-state index contributed by atoms with van der Waals surface area (Å²) >= 11 is 2.21. The fourth-order valence-electron chi connectivity index (χ4n) is 2.67. The van der Waals surface area contributed by atoms with E-state index in [0.717, 1.165) is 16.4 Å². The van der Waals surface area contributed by atoms with Gasteiger partial charge >= 0.3 is 0 Å². The Labute approximate surface area is 148 Å². The third-order valence-corrected chi connectivity index (χ3v) is 4.71. The molecule has 2 aromatic rings. The van der Waals surface area contributed by atoms with Gasteiger partial charge in [-0.15, -0.1) is 0 Å². The second kappa shape index (κ2) is 7.16. The maximum Gasteiger partial charge on any atom is 0.257 e. The largest absolute Gasteiger partial charge is 0.472 e. The smallest absolute Gasteiger partial charge is 0.257 e. The van der Waals surface area contributed by atoms with Gasteiger partial charge in [-0.05, 0) is 65.8 Å². The summed E-state index contributed by atoms with van der Waals surface area (Å²) in [5.74, 6) is -0.0674. The summed E-state index contributed by atoms with van der Waals surface area (Å²) in [7, 11) is 0. The van der Waals surface area contributed by atoms with E-state index in [1.807, 2.05) is 24.3 Å². The third-order valence-electron chi connectivity index (χ3n) is 3.99. The minimum atomic E-state index is -0.0546. The van der Waals surface area contributed by atoms with Crippen LogP contribution < -0.4 is 5.32 Å². The highest BCUT2D eigenvalue weighted by molar-refractivity contribution is 14.1. The molecule has 1 saturated heterocycles. The number of furan rings is 1. The topological polar surface area (TPSA) is 62.6 Å². The van der Waals surface area contributed by atoms with E-state index in [2.05, 4.69) is 27.9 Å². The average molecular weight is 424 g/mol. The number of carbonyl (C=O) groups excluding carboxylic acids is 2. The minimum absolute atomic E-state index is 0.0128. The molecular weight excluding hydrogens is 407 g/mol. The van der Waals surface area contributed by atoms with Crippen molar-refractivity contribution in [2.75, 3.05) is 13.1 Å². The molecule has 23 heavy (non-hydrogen) atoms. The van der Waals surface area contributed by atoms with Crippen molar-refractivity contribution < 1.29 is 14.0 Å². The molecule has 5 nitrogen and oxygen atoms in total. The van der Waals surface area contributed by atoms with Crippen molar-refractivity contribution in [3.05, 3.63) is 57.6 Å². The Morgan fingerprint density at radius 1 is 1.09 bits per heavy atom. The van der Waals surface area contributed by atoms with Crippen molar-refractivity contribution in [1.29, 1.82) is 0 Å². The van der Waals surface area contributed by atoms with E-state index in [-0.39, 0.29) is 17.9 Å². The van der Waals surface area contributed by atoms with Gasteiger partial charge in [0.2, 0.25) is 0 Å². The third kappa shape index (κ3) is 3.93. The van der Waals surface area contributed by atoms with Crippen molar-refractivity contribution in [1.82, 2.24) is 10.2 Å². The van der Waals surface area contributed by atoms with E-state index >= 15 is 0 Å². The zero-order valence-electron chi connectivity index (χ0n) is 12.5. The number of piperidine rings is 1. The first kappa shape index (κ1) is 16.0. The summed E-state index contributed by atoms with van der Waals surface area (Å²) < 4.78 is 6.05. The molecule has 0 spiro atoms. The van der Waals surface area contributed by atoms with Gasteiger partial charge < -0.3 is 14.6 Å². The first-order chi connectivity index (χ1) is 11.1. The molecule has 0 saturated carbocycles. The molecule has 120 valence electrons. The van der Waals surface area contributed by atoms with E-state index in [0.29, 0.717) is 24.2 Å². The SMILES string of the molecule is O=C(NC1CCN(C(=O)c2ccoc2)CC1)c1ccc(I)cc1. The van der Waals surface area contributed by atoms with Crippen LogP contribution in [0.4, 0.5) is 0 Å². The molecule has 2 heterocycles. The molecule has 0 radical (unpaired) electrons. The number of amides is 2. The molecule has 1 fully saturated rings. The van der Waals surface area contributed by atoms with Crippen LogP contribution in [0.25, 0.3) is 0 Å². The lowest BCUT2D eigenvalue weighted by atomic mass is 10.0. The van der Waals surface area contributed by atoms with Gasteiger partial charge in [0.25, 0.3) is 11.8 Å². The molecule has 1 aliphatic heterocycles. The van der Waals surface area contributed by atoms with Gasteiger partial charge in [-0.25, -0.2) is 0 Å². The predicted octanol–water partition coefficient (Wildman–Crippen LogP) is 2.92. The number of benzene rings is 1. The second-order valence-corrected chi connectivity index (χ2v) is 6.80. The van der Waals surface area contributed by atoms with Crippen LogP contribution in [0.2, 0.25) is 0 Å². The maximum atomic E-state index is 12.2. The summed E-state index contributed by atoms with van der Waals surface area (Å²) in [6.45, 7) is 1.28. The Bertz CT molecular complexity index is 674. The second-order valence-electron chi connectivity index (χ2n) is 5.56. The number of carbonyl (C=O) groups is 2. The highest BCUT2D eigenvalue weighted by atomic mass is 127. The number of rotatable bonds is 3. The quantitative estimate of drug-likeness (QED) is 0.771. The zero-order chi connectivity index (χ0) is 16.2. The molecule has 1 aromatic heterocycles. The van der Waals surface area contributed by atoms with E-state index < -0.39 is 0 Å². The van der Waals surface area contributed by atoms with Crippen LogP contribution in [-0.4, -0.2) is 35.8 Å². The molecule has 3 rings (SSSR count). The summed E-state index contributed by atoms with van der Waals surface area (Å²) in [4.78, 5) is 26.2.